The third kappa shape index (κ3) is 3.21. The van der Waals surface area contributed by atoms with E-state index < -0.39 is 0 Å². The van der Waals surface area contributed by atoms with E-state index in [4.69, 9.17) is 34.3 Å². The zero-order chi connectivity index (χ0) is 13.8. The van der Waals surface area contributed by atoms with Gasteiger partial charge in [0.1, 0.15) is 23.7 Å². The first-order valence-electron chi connectivity index (χ1n) is 5.70. The number of aromatic nitrogens is 3. The summed E-state index contributed by atoms with van der Waals surface area (Å²) in [7, 11) is 0. The predicted molar refractivity (Wildman–Crippen MR) is 77.4 cm³/mol. The van der Waals surface area contributed by atoms with E-state index in [0.29, 0.717) is 27.9 Å². The van der Waals surface area contributed by atoms with E-state index >= 15 is 0 Å². The number of halogens is 1. The Bertz CT molecular complexity index is 599. The van der Waals surface area contributed by atoms with Gasteiger partial charge in [-0.2, -0.15) is 5.10 Å². The van der Waals surface area contributed by atoms with E-state index in [-0.39, 0.29) is 0 Å². The van der Waals surface area contributed by atoms with Crippen molar-refractivity contribution in [3.05, 3.63) is 40.9 Å². The van der Waals surface area contributed by atoms with Crippen molar-refractivity contribution in [2.45, 2.75) is 20.1 Å². The Morgan fingerprint density at radius 2 is 2.32 bits per heavy atom. The lowest BCUT2D eigenvalue weighted by molar-refractivity contribution is 0.287. The molecule has 2 aromatic rings. The minimum absolute atomic E-state index is 0.305. The molecule has 0 unspecified atom stereocenters. The average Bonchev–Trinajstić information content (AvgIpc) is 2.84. The Kier molecular flexibility index (Phi) is 4.34. The predicted octanol–water partition coefficient (Wildman–Crippen LogP) is 2.16. The van der Waals surface area contributed by atoms with E-state index in [1.807, 2.05) is 6.92 Å². The zero-order valence-corrected chi connectivity index (χ0v) is 11.9. The van der Waals surface area contributed by atoms with Crippen molar-refractivity contribution in [1.82, 2.24) is 14.8 Å². The van der Waals surface area contributed by atoms with Crippen molar-refractivity contribution < 1.29 is 4.74 Å². The number of nitrogens with zero attached hydrogens (tertiary/aromatic N) is 3. The summed E-state index contributed by atoms with van der Waals surface area (Å²) in [4.78, 5) is 4.43. The largest absolute Gasteiger partial charge is 0.484 e. The molecule has 0 bridgehead atoms. The molecule has 0 aliphatic rings. The first-order valence-corrected chi connectivity index (χ1v) is 6.49. The molecule has 0 amide bonds. The van der Waals surface area contributed by atoms with E-state index in [9.17, 15) is 0 Å². The average molecular weight is 297 g/mol. The minimum Gasteiger partial charge on any atom is -0.484 e. The van der Waals surface area contributed by atoms with Crippen LogP contribution in [0.1, 0.15) is 18.3 Å². The first kappa shape index (κ1) is 13.8. The molecule has 1 heterocycles. The van der Waals surface area contributed by atoms with Crippen molar-refractivity contribution in [3.63, 3.8) is 0 Å². The lowest BCUT2D eigenvalue weighted by Gasteiger charge is -2.09. The fraction of sp³-hybridized carbons (Fsp3) is 0.250. The van der Waals surface area contributed by atoms with Crippen LogP contribution in [-0.4, -0.2) is 19.8 Å². The van der Waals surface area contributed by atoms with Crippen LogP contribution in [0.4, 0.5) is 0 Å². The summed E-state index contributed by atoms with van der Waals surface area (Å²) in [5, 5.41) is 4.53. The number of rotatable bonds is 5. The Hall–Kier alpha value is -1.66. The maximum absolute atomic E-state index is 6.10. The topological polar surface area (TPSA) is 66.0 Å². The van der Waals surface area contributed by atoms with Crippen molar-refractivity contribution in [2.24, 2.45) is 5.73 Å². The van der Waals surface area contributed by atoms with Crippen LogP contribution in [0.25, 0.3) is 0 Å². The molecule has 5 nitrogen and oxygen atoms in total. The normalized spacial score (nSPS) is 10.4. The van der Waals surface area contributed by atoms with E-state index in [2.05, 4.69) is 10.1 Å². The monoisotopic (exact) mass is 296 g/mol. The number of hydrogen-bond acceptors (Lipinski definition) is 4. The molecule has 0 aliphatic carbocycles. The highest BCUT2D eigenvalue weighted by Gasteiger charge is 2.07. The highest BCUT2D eigenvalue weighted by atomic mass is 35.5. The summed E-state index contributed by atoms with van der Waals surface area (Å²) in [5.41, 5.74) is 6.24. The number of nitrogens with two attached hydrogens (primary N) is 1. The SMILES string of the molecule is CCn1ncnc1COc1ccc(C(N)=S)cc1Cl. The maximum Gasteiger partial charge on any atom is 0.164 e. The third-order valence-electron chi connectivity index (χ3n) is 2.57. The van der Waals surface area contributed by atoms with Crippen LogP contribution < -0.4 is 10.5 Å². The Morgan fingerprint density at radius 1 is 1.53 bits per heavy atom. The molecule has 2 rings (SSSR count). The molecule has 0 radical (unpaired) electrons. The molecule has 19 heavy (non-hydrogen) atoms. The van der Waals surface area contributed by atoms with Gasteiger partial charge < -0.3 is 10.5 Å². The molecule has 1 aromatic carbocycles. The second-order valence-electron chi connectivity index (χ2n) is 3.79. The number of aryl methyl sites for hydroxylation is 1. The Balaban J connectivity index is 2.10. The van der Waals surface area contributed by atoms with Gasteiger partial charge in [-0.1, -0.05) is 23.8 Å². The van der Waals surface area contributed by atoms with Gasteiger partial charge in [-0.25, -0.2) is 9.67 Å². The smallest absolute Gasteiger partial charge is 0.164 e. The van der Waals surface area contributed by atoms with Gasteiger partial charge in [0, 0.05) is 12.1 Å². The lowest BCUT2D eigenvalue weighted by atomic mass is 10.2. The zero-order valence-electron chi connectivity index (χ0n) is 10.3. The molecule has 7 heteroatoms. The molecule has 1 aromatic heterocycles. The van der Waals surface area contributed by atoms with Gasteiger partial charge in [0.05, 0.1) is 5.02 Å². The molecular weight excluding hydrogens is 284 g/mol. The minimum atomic E-state index is 0.305. The highest BCUT2D eigenvalue weighted by molar-refractivity contribution is 7.80. The standard InChI is InChI=1S/C12H13ClN4OS/c1-2-17-11(15-7-16-17)6-18-10-4-3-8(12(14)19)5-9(10)13/h3-5,7H,2,6H2,1H3,(H2,14,19). The van der Waals surface area contributed by atoms with Gasteiger partial charge in [-0.05, 0) is 25.1 Å². The molecule has 100 valence electrons. The van der Waals surface area contributed by atoms with Gasteiger partial charge in [-0.15, -0.1) is 0 Å². The number of ether oxygens (including phenoxy) is 1. The number of hydrogen-bond donors (Lipinski definition) is 1. The van der Waals surface area contributed by atoms with Gasteiger partial charge in [0.25, 0.3) is 0 Å². The number of benzene rings is 1. The van der Waals surface area contributed by atoms with Crippen molar-refractivity contribution >= 4 is 28.8 Å². The van der Waals surface area contributed by atoms with Gasteiger partial charge in [0.2, 0.25) is 0 Å². The summed E-state index contributed by atoms with van der Waals surface area (Å²) in [6.07, 6.45) is 1.50. The first-order chi connectivity index (χ1) is 9.11. The maximum atomic E-state index is 6.10. The fourth-order valence-corrected chi connectivity index (χ4v) is 1.94. The van der Waals surface area contributed by atoms with Crippen LogP contribution in [0.5, 0.6) is 5.75 Å². The summed E-state index contributed by atoms with van der Waals surface area (Å²) in [6, 6.07) is 5.20. The van der Waals surface area contributed by atoms with Gasteiger partial charge in [-0.3, -0.25) is 0 Å². The molecule has 0 saturated heterocycles. The van der Waals surface area contributed by atoms with Crippen LogP contribution >= 0.6 is 23.8 Å². The summed E-state index contributed by atoms with van der Waals surface area (Å²) >= 11 is 11.0. The van der Waals surface area contributed by atoms with E-state index in [1.165, 1.54) is 6.33 Å². The summed E-state index contributed by atoms with van der Waals surface area (Å²) in [6.45, 7) is 3.04. The van der Waals surface area contributed by atoms with Crippen LogP contribution in [0.3, 0.4) is 0 Å². The molecular formula is C12H13ClN4OS. The highest BCUT2D eigenvalue weighted by Crippen LogP contribution is 2.26. The third-order valence-corrected chi connectivity index (χ3v) is 3.10. The van der Waals surface area contributed by atoms with Gasteiger partial charge in [0.15, 0.2) is 5.82 Å². The Labute approximate surface area is 121 Å². The molecule has 0 atom stereocenters. The molecule has 0 saturated carbocycles. The summed E-state index contributed by atoms with van der Waals surface area (Å²) in [5.74, 6) is 1.31. The van der Waals surface area contributed by atoms with Crippen LogP contribution in [0, 0.1) is 0 Å². The molecule has 2 N–H and O–H groups in total. The fourth-order valence-electron chi connectivity index (χ4n) is 1.58. The second-order valence-corrected chi connectivity index (χ2v) is 4.64. The molecule has 0 fully saturated rings. The van der Waals surface area contributed by atoms with Crippen LogP contribution in [0.2, 0.25) is 5.02 Å². The lowest BCUT2D eigenvalue weighted by Crippen LogP contribution is -2.10. The Morgan fingerprint density at radius 3 is 2.95 bits per heavy atom. The van der Waals surface area contributed by atoms with E-state index in [1.54, 1.807) is 22.9 Å². The quantitative estimate of drug-likeness (QED) is 0.857. The van der Waals surface area contributed by atoms with Crippen molar-refractivity contribution in [1.29, 1.82) is 0 Å². The molecule has 0 aliphatic heterocycles. The van der Waals surface area contributed by atoms with Crippen molar-refractivity contribution in [3.8, 4) is 5.75 Å². The van der Waals surface area contributed by atoms with Crippen molar-refractivity contribution in [2.75, 3.05) is 0 Å². The van der Waals surface area contributed by atoms with E-state index in [0.717, 1.165) is 12.4 Å². The van der Waals surface area contributed by atoms with Gasteiger partial charge >= 0.3 is 0 Å². The van der Waals surface area contributed by atoms with Crippen LogP contribution in [0.15, 0.2) is 24.5 Å². The second kappa shape index (κ2) is 5.99. The molecule has 0 spiro atoms. The van der Waals surface area contributed by atoms with Crippen LogP contribution in [-0.2, 0) is 13.2 Å². The number of thiocarbonyl (C=S) groups is 1. The summed E-state index contributed by atoms with van der Waals surface area (Å²) < 4.78 is 7.38.